The molecule has 2 aromatic rings. The van der Waals surface area contributed by atoms with Gasteiger partial charge in [-0.2, -0.15) is 0 Å². The quantitative estimate of drug-likeness (QED) is 0.820. The summed E-state index contributed by atoms with van der Waals surface area (Å²) in [5.41, 5.74) is 0.972. The van der Waals surface area contributed by atoms with Crippen molar-refractivity contribution in [1.29, 1.82) is 0 Å². The lowest BCUT2D eigenvalue weighted by Gasteiger charge is -2.16. The summed E-state index contributed by atoms with van der Waals surface area (Å²) in [7, 11) is -3.83. The molecule has 0 aromatic heterocycles. The Morgan fingerprint density at radius 3 is 2.40 bits per heavy atom. The Hall–Kier alpha value is -1.57. The first-order chi connectivity index (χ1) is 9.63. The minimum atomic E-state index is -3.83. The smallest absolute Gasteiger partial charge is 0.408 e. The summed E-state index contributed by atoms with van der Waals surface area (Å²) in [4.78, 5) is 10.1. The molecule has 2 rings (SSSR count). The fourth-order valence-corrected chi connectivity index (χ4v) is 3.07. The van der Waals surface area contributed by atoms with E-state index in [1.54, 1.807) is 36.4 Å². The van der Waals surface area contributed by atoms with Crippen LogP contribution >= 0.6 is 7.60 Å². The van der Waals surface area contributed by atoms with E-state index in [1.807, 2.05) is 18.2 Å². The van der Waals surface area contributed by atoms with Crippen LogP contribution in [0.25, 0.3) is 0 Å². The molecule has 4 heteroatoms. The van der Waals surface area contributed by atoms with E-state index < -0.39 is 7.60 Å². The molecule has 0 amide bonds. The van der Waals surface area contributed by atoms with Crippen LogP contribution in [-0.4, -0.2) is 4.89 Å². The molecule has 0 saturated heterocycles. The molecule has 2 aromatic carbocycles. The van der Waals surface area contributed by atoms with Gasteiger partial charge in [0.25, 0.3) is 0 Å². The van der Waals surface area contributed by atoms with Gasteiger partial charge >= 0.3 is 7.60 Å². The molecule has 0 saturated carbocycles. The molecule has 0 bridgehead atoms. The molecule has 0 radical (unpaired) electrons. The van der Waals surface area contributed by atoms with Gasteiger partial charge in [0, 0.05) is 0 Å². The molecule has 1 unspecified atom stereocenters. The Morgan fingerprint density at radius 2 is 1.70 bits per heavy atom. The summed E-state index contributed by atoms with van der Waals surface area (Å²) in [5.74, 6) is 0.496. The van der Waals surface area contributed by atoms with Gasteiger partial charge in [-0.25, -0.2) is 4.57 Å². The molecule has 0 spiro atoms. The van der Waals surface area contributed by atoms with E-state index in [9.17, 15) is 9.46 Å². The molecular formula is C16H19O3P. The Balaban J connectivity index is 2.23. The van der Waals surface area contributed by atoms with Crippen molar-refractivity contribution in [3.05, 3.63) is 60.2 Å². The van der Waals surface area contributed by atoms with Crippen LogP contribution in [0.15, 0.2) is 54.6 Å². The number of benzene rings is 2. The molecule has 1 N–H and O–H groups in total. The normalized spacial score (nSPS) is 13.7. The van der Waals surface area contributed by atoms with Crippen LogP contribution in [0.5, 0.6) is 5.75 Å². The summed E-state index contributed by atoms with van der Waals surface area (Å²) < 4.78 is 17.8. The molecule has 0 aliphatic carbocycles. The van der Waals surface area contributed by atoms with Gasteiger partial charge in [-0.15, -0.1) is 0 Å². The van der Waals surface area contributed by atoms with Crippen LogP contribution in [0.1, 0.15) is 25.3 Å². The molecular weight excluding hydrogens is 271 g/mol. The predicted molar refractivity (Wildman–Crippen MR) is 81.6 cm³/mol. The first-order valence-electron chi connectivity index (χ1n) is 6.79. The van der Waals surface area contributed by atoms with Crippen LogP contribution in [-0.2, 0) is 11.0 Å². The van der Waals surface area contributed by atoms with E-state index in [0.29, 0.717) is 11.1 Å². The van der Waals surface area contributed by atoms with Gasteiger partial charge in [0.05, 0.1) is 5.30 Å². The summed E-state index contributed by atoms with van der Waals surface area (Å²) in [6.45, 7) is 2.12. The Labute approximate surface area is 119 Å². The van der Waals surface area contributed by atoms with Crippen LogP contribution < -0.4 is 9.83 Å². The van der Waals surface area contributed by atoms with Crippen molar-refractivity contribution in [2.24, 2.45) is 0 Å². The molecule has 1 atom stereocenters. The van der Waals surface area contributed by atoms with Crippen molar-refractivity contribution < 1.29 is 14.0 Å². The summed E-state index contributed by atoms with van der Waals surface area (Å²) in [5, 5.41) is 0.310. The molecule has 0 aliphatic heterocycles. The Bertz CT molecular complexity index is 596. The second kappa shape index (κ2) is 6.74. The summed E-state index contributed by atoms with van der Waals surface area (Å²) in [6.07, 6.45) is 2.95. The maximum Gasteiger partial charge on any atom is 0.408 e. The molecule has 20 heavy (non-hydrogen) atoms. The van der Waals surface area contributed by atoms with Gasteiger partial charge in [0.2, 0.25) is 0 Å². The highest BCUT2D eigenvalue weighted by atomic mass is 31.2. The predicted octanol–water partition coefficient (Wildman–Crippen LogP) is 3.92. The maximum atomic E-state index is 12.3. The second-order valence-electron chi connectivity index (χ2n) is 4.66. The zero-order chi connectivity index (χ0) is 14.4. The van der Waals surface area contributed by atoms with Crippen molar-refractivity contribution in [2.75, 3.05) is 0 Å². The Morgan fingerprint density at radius 1 is 1.05 bits per heavy atom. The third kappa shape index (κ3) is 3.72. The lowest BCUT2D eigenvalue weighted by Crippen LogP contribution is -2.09. The zero-order valence-corrected chi connectivity index (χ0v) is 12.4. The SMILES string of the molecule is CCCCc1ccccc1OP(=O)(O)c1ccccc1. The highest BCUT2D eigenvalue weighted by Crippen LogP contribution is 2.42. The average Bonchev–Trinajstić information content (AvgIpc) is 2.47. The first kappa shape index (κ1) is 14.8. The maximum absolute atomic E-state index is 12.3. The van der Waals surface area contributed by atoms with Crippen molar-refractivity contribution in [1.82, 2.24) is 0 Å². The van der Waals surface area contributed by atoms with E-state index in [0.717, 1.165) is 24.8 Å². The highest BCUT2D eigenvalue weighted by Gasteiger charge is 2.24. The van der Waals surface area contributed by atoms with Gasteiger partial charge < -0.3 is 9.42 Å². The van der Waals surface area contributed by atoms with E-state index >= 15 is 0 Å². The average molecular weight is 290 g/mol. The van der Waals surface area contributed by atoms with Crippen LogP contribution in [0.2, 0.25) is 0 Å². The van der Waals surface area contributed by atoms with Crippen molar-refractivity contribution in [2.45, 2.75) is 26.2 Å². The summed E-state index contributed by atoms with van der Waals surface area (Å²) >= 11 is 0. The van der Waals surface area contributed by atoms with Gasteiger partial charge in [-0.3, -0.25) is 0 Å². The van der Waals surface area contributed by atoms with Gasteiger partial charge in [-0.1, -0.05) is 49.7 Å². The van der Waals surface area contributed by atoms with Crippen molar-refractivity contribution in [3.63, 3.8) is 0 Å². The number of para-hydroxylation sites is 1. The minimum absolute atomic E-state index is 0.310. The second-order valence-corrected chi connectivity index (χ2v) is 6.40. The molecule has 3 nitrogen and oxygen atoms in total. The third-order valence-corrected chi connectivity index (χ3v) is 4.47. The number of aryl methyl sites for hydroxylation is 1. The lowest BCUT2D eigenvalue weighted by molar-refractivity contribution is 0.391. The largest absolute Gasteiger partial charge is 0.421 e. The number of unbranched alkanes of at least 4 members (excludes halogenated alkanes) is 1. The molecule has 0 aliphatic rings. The van der Waals surface area contributed by atoms with E-state index in [4.69, 9.17) is 4.52 Å². The summed E-state index contributed by atoms with van der Waals surface area (Å²) in [6, 6.07) is 15.9. The number of hydrogen-bond donors (Lipinski definition) is 1. The molecule has 0 fully saturated rings. The fourth-order valence-electron chi connectivity index (χ4n) is 1.97. The van der Waals surface area contributed by atoms with Gasteiger partial charge in [0.15, 0.2) is 0 Å². The van der Waals surface area contributed by atoms with Gasteiger partial charge in [-0.05, 0) is 36.6 Å². The topological polar surface area (TPSA) is 46.5 Å². The lowest BCUT2D eigenvalue weighted by atomic mass is 10.1. The van der Waals surface area contributed by atoms with E-state index in [-0.39, 0.29) is 0 Å². The monoisotopic (exact) mass is 290 g/mol. The number of rotatable bonds is 6. The molecule has 0 heterocycles. The third-order valence-electron chi connectivity index (χ3n) is 3.08. The van der Waals surface area contributed by atoms with Crippen LogP contribution in [0, 0.1) is 0 Å². The van der Waals surface area contributed by atoms with Crippen molar-refractivity contribution >= 4 is 12.9 Å². The van der Waals surface area contributed by atoms with Crippen LogP contribution in [0.3, 0.4) is 0 Å². The standard InChI is InChI=1S/C16H19O3P/c1-2-3-9-14-10-7-8-13-16(14)19-20(17,18)15-11-5-4-6-12-15/h4-8,10-13H,2-3,9H2,1H3,(H,17,18). The van der Waals surface area contributed by atoms with Gasteiger partial charge in [0.1, 0.15) is 5.75 Å². The van der Waals surface area contributed by atoms with Crippen molar-refractivity contribution in [3.8, 4) is 5.75 Å². The zero-order valence-electron chi connectivity index (χ0n) is 11.5. The minimum Gasteiger partial charge on any atom is -0.421 e. The van der Waals surface area contributed by atoms with E-state index in [2.05, 4.69) is 6.92 Å². The molecule has 106 valence electrons. The fraction of sp³-hybridized carbons (Fsp3) is 0.250. The van der Waals surface area contributed by atoms with Crippen LogP contribution in [0.4, 0.5) is 0 Å². The first-order valence-corrected chi connectivity index (χ1v) is 8.37. The van der Waals surface area contributed by atoms with E-state index in [1.165, 1.54) is 0 Å². The number of hydrogen-bond acceptors (Lipinski definition) is 2. The highest BCUT2D eigenvalue weighted by molar-refractivity contribution is 7.61. The Kier molecular flexibility index (Phi) is 4.99.